The number of amides is 1. The van der Waals surface area contributed by atoms with Crippen LogP contribution >= 0.6 is 0 Å². The fraction of sp³-hybridized carbons (Fsp3) is 0.300. The van der Waals surface area contributed by atoms with Gasteiger partial charge in [0.1, 0.15) is 5.82 Å². The molecule has 0 aromatic heterocycles. The maximum atomic E-state index is 13.1. The number of carbonyl (C=O) groups excluding carboxylic acids is 1. The van der Waals surface area contributed by atoms with Crippen molar-refractivity contribution in [2.24, 2.45) is 5.92 Å². The highest BCUT2D eigenvalue weighted by Crippen LogP contribution is 2.34. The smallest absolute Gasteiger partial charge is 0.335 e. The molecule has 1 aliphatic heterocycles. The Balaban J connectivity index is 1.59. The Morgan fingerprint density at radius 2 is 1.88 bits per heavy atom. The van der Waals surface area contributed by atoms with Gasteiger partial charge in [0.15, 0.2) is 0 Å². The SMILES string of the molecule is O=C(Cc1ccccc1C(=O)O)NC[C@@H]1CCO[C@H]1c1ccc(F)cc1. The van der Waals surface area contributed by atoms with Gasteiger partial charge >= 0.3 is 5.97 Å². The number of benzene rings is 2. The molecule has 1 amide bonds. The second-order valence-electron chi connectivity index (χ2n) is 6.33. The van der Waals surface area contributed by atoms with Crippen molar-refractivity contribution in [2.75, 3.05) is 13.2 Å². The summed E-state index contributed by atoms with van der Waals surface area (Å²) in [5.41, 5.74) is 1.51. The Morgan fingerprint density at radius 3 is 2.62 bits per heavy atom. The van der Waals surface area contributed by atoms with Crippen molar-refractivity contribution >= 4 is 11.9 Å². The van der Waals surface area contributed by atoms with Gasteiger partial charge in [0, 0.05) is 19.1 Å². The van der Waals surface area contributed by atoms with Gasteiger partial charge in [-0.15, -0.1) is 0 Å². The highest BCUT2D eigenvalue weighted by molar-refractivity contribution is 5.91. The number of rotatable bonds is 6. The van der Waals surface area contributed by atoms with Crippen LogP contribution in [0.15, 0.2) is 48.5 Å². The van der Waals surface area contributed by atoms with E-state index in [4.69, 9.17) is 4.74 Å². The zero-order valence-electron chi connectivity index (χ0n) is 14.2. The van der Waals surface area contributed by atoms with E-state index in [1.54, 1.807) is 30.3 Å². The van der Waals surface area contributed by atoms with Gasteiger partial charge in [-0.3, -0.25) is 4.79 Å². The highest BCUT2D eigenvalue weighted by atomic mass is 19.1. The molecule has 3 rings (SSSR count). The molecule has 0 unspecified atom stereocenters. The number of carboxylic acids is 1. The van der Waals surface area contributed by atoms with E-state index in [0.29, 0.717) is 18.7 Å². The number of hydrogen-bond donors (Lipinski definition) is 2. The highest BCUT2D eigenvalue weighted by Gasteiger charge is 2.30. The minimum Gasteiger partial charge on any atom is -0.478 e. The molecule has 0 bridgehead atoms. The molecule has 0 spiro atoms. The first kappa shape index (κ1) is 18.1. The van der Waals surface area contributed by atoms with Gasteiger partial charge in [0.05, 0.1) is 18.1 Å². The molecule has 1 aliphatic rings. The topological polar surface area (TPSA) is 75.6 Å². The summed E-state index contributed by atoms with van der Waals surface area (Å²) in [4.78, 5) is 23.5. The minimum atomic E-state index is -1.05. The Kier molecular flexibility index (Phi) is 5.63. The van der Waals surface area contributed by atoms with Crippen LogP contribution in [-0.4, -0.2) is 30.1 Å². The van der Waals surface area contributed by atoms with Crippen molar-refractivity contribution in [1.29, 1.82) is 0 Å². The molecule has 26 heavy (non-hydrogen) atoms. The molecule has 0 radical (unpaired) electrons. The molecule has 2 N–H and O–H groups in total. The van der Waals surface area contributed by atoms with Crippen LogP contribution in [-0.2, 0) is 16.0 Å². The minimum absolute atomic E-state index is 0.0112. The molecule has 2 atom stereocenters. The van der Waals surface area contributed by atoms with Crippen LogP contribution in [0.25, 0.3) is 0 Å². The van der Waals surface area contributed by atoms with E-state index in [1.165, 1.54) is 18.2 Å². The summed E-state index contributed by atoms with van der Waals surface area (Å²) < 4.78 is 18.8. The summed E-state index contributed by atoms with van der Waals surface area (Å²) >= 11 is 0. The monoisotopic (exact) mass is 357 g/mol. The molecule has 5 nitrogen and oxygen atoms in total. The number of carboxylic acid groups (broad SMARTS) is 1. The standard InChI is InChI=1S/C20H20FNO4/c21-16-7-5-13(6-8-16)19-15(9-10-26-19)12-22-18(23)11-14-3-1-2-4-17(14)20(24)25/h1-8,15,19H,9-12H2,(H,22,23)(H,24,25)/t15-,19-/m0/s1. The third-order valence-electron chi connectivity index (χ3n) is 4.57. The van der Waals surface area contributed by atoms with Gasteiger partial charge in [-0.2, -0.15) is 0 Å². The van der Waals surface area contributed by atoms with E-state index >= 15 is 0 Å². The predicted molar refractivity (Wildman–Crippen MR) is 93.3 cm³/mol. The second-order valence-corrected chi connectivity index (χ2v) is 6.33. The van der Waals surface area contributed by atoms with Crippen LogP contribution < -0.4 is 5.32 Å². The first-order valence-corrected chi connectivity index (χ1v) is 8.49. The zero-order valence-corrected chi connectivity index (χ0v) is 14.2. The van der Waals surface area contributed by atoms with E-state index in [1.807, 2.05) is 0 Å². The molecule has 0 saturated carbocycles. The van der Waals surface area contributed by atoms with E-state index in [9.17, 15) is 19.1 Å². The van der Waals surface area contributed by atoms with Crippen molar-refractivity contribution in [3.05, 3.63) is 71.0 Å². The summed E-state index contributed by atoms with van der Waals surface area (Å²) in [5.74, 6) is -1.48. The van der Waals surface area contributed by atoms with Crippen molar-refractivity contribution < 1.29 is 23.8 Å². The molecule has 2 aromatic carbocycles. The van der Waals surface area contributed by atoms with E-state index < -0.39 is 5.97 Å². The molecule has 1 heterocycles. The maximum absolute atomic E-state index is 13.1. The normalized spacial score (nSPS) is 19.3. The van der Waals surface area contributed by atoms with Gasteiger partial charge in [0.25, 0.3) is 0 Å². The van der Waals surface area contributed by atoms with Gasteiger partial charge in [-0.1, -0.05) is 30.3 Å². The van der Waals surface area contributed by atoms with Crippen molar-refractivity contribution in [3.63, 3.8) is 0 Å². The third-order valence-corrected chi connectivity index (χ3v) is 4.57. The Morgan fingerprint density at radius 1 is 1.15 bits per heavy atom. The third kappa shape index (κ3) is 4.26. The molecule has 0 aliphatic carbocycles. The first-order valence-electron chi connectivity index (χ1n) is 8.49. The lowest BCUT2D eigenvalue weighted by Gasteiger charge is -2.19. The first-order chi connectivity index (χ1) is 12.5. The number of carbonyl (C=O) groups is 2. The fourth-order valence-electron chi connectivity index (χ4n) is 3.23. The Labute approximate surface area is 150 Å². The molecule has 136 valence electrons. The summed E-state index contributed by atoms with van der Waals surface area (Å²) in [6.45, 7) is 1.01. The Hall–Kier alpha value is -2.73. The van der Waals surface area contributed by atoms with E-state index in [0.717, 1.165) is 12.0 Å². The van der Waals surface area contributed by atoms with Gasteiger partial charge in [-0.05, 0) is 35.7 Å². The number of hydrogen-bond acceptors (Lipinski definition) is 3. The van der Waals surface area contributed by atoms with Crippen LogP contribution in [0.4, 0.5) is 4.39 Å². The molecule has 1 fully saturated rings. The summed E-state index contributed by atoms with van der Waals surface area (Å²) in [5, 5.41) is 12.1. The summed E-state index contributed by atoms with van der Waals surface area (Å²) in [7, 11) is 0. The van der Waals surface area contributed by atoms with Crippen LogP contribution in [0.2, 0.25) is 0 Å². The van der Waals surface area contributed by atoms with Crippen molar-refractivity contribution in [1.82, 2.24) is 5.32 Å². The van der Waals surface area contributed by atoms with Crippen LogP contribution in [0.1, 0.15) is 34.0 Å². The van der Waals surface area contributed by atoms with Gasteiger partial charge in [-0.25, -0.2) is 9.18 Å². The van der Waals surface area contributed by atoms with Crippen LogP contribution in [0.3, 0.4) is 0 Å². The lowest BCUT2D eigenvalue weighted by molar-refractivity contribution is -0.120. The number of aromatic carboxylic acids is 1. The average molecular weight is 357 g/mol. The average Bonchev–Trinajstić information content (AvgIpc) is 3.09. The molecule has 6 heteroatoms. The molecular formula is C20H20FNO4. The predicted octanol–water partition coefficient (Wildman–Crippen LogP) is 2.96. The Bertz CT molecular complexity index is 791. The van der Waals surface area contributed by atoms with Crippen molar-refractivity contribution in [3.8, 4) is 0 Å². The molecule has 2 aromatic rings. The van der Waals surface area contributed by atoms with Crippen LogP contribution in [0.5, 0.6) is 0 Å². The fourth-order valence-corrected chi connectivity index (χ4v) is 3.23. The quantitative estimate of drug-likeness (QED) is 0.833. The van der Waals surface area contributed by atoms with E-state index in [-0.39, 0.29) is 35.7 Å². The van der Waals surface area contributed by atoms with Crippen molar-refractivity contribution in [2.45, 2.75) is 18.9 Å². The molecular weight excluding hydrogens is 337 g/mol. The molecule has 1 saturated heterocycles. The largest absolute Gasteiger partial charge is 0.478 e. The zero-order chi connectivity index (χ0) is 18.5. The number of halogens is 1. The van der Waals surface area contributed by atoms with E-state index in [2.05, 4.69) is 5.32 Å². The number of nitrogens with one attached hydrogen (secondary N) is 1. The summed E-state index contributed by atoms with van der Waals surface area (Å²) in [6, 6.07) is 12.7. The lowest BCUT2D eigenvalue weighted by Crippen LogP contribution is -2.32. The van der Waals surface area contributed by atoms with Gasteiger partial charge < -0.3 is 15.2 Å². The lowest BCUT2D eigenvalue weighted by atomic mass is 9.95. The maximum Gasteiger partial charge on any atom is 0.335 e. The van der Waals surface area contributed by atoms with Crippen LogP contribution in [0, 0.1) is 11.7 Å². The van der Waals surface area contributed by atoms with Gasteiger partial charge in [0.2, 0.25) is 5.91 Å². The number of ether oxygens (including phenoxy) is 1. The second kappa shape index (κ2) is 8.10. The summed E-state index contributed by atoms with van der Waals surface area (Å²) in [6.07, 6.45) is 0.632.